The summed E-state index contributed by atoms with van der Waals surface area (Å²) in [4.78, 5) is 0. The highest BCUT2D eigenvalue weighted by molar-refractivity contribution is 5.89. The fourth-order valence-corrected chi connectivity index (χ4v) is 2.96. The molecule has 2 aromatic rings. The lowest BCUT2D eigenvalue weighted by atomic mass is 9.83. The lowest BCUT2D eigenvalue weighted by Gasteiger charge is -2.20. The van der Waals surface area contributed by atoms with Crippen molar-refractivity contribution in [3.05, 3.63) is 34.6 Å². The zero-order valence-corrected chi connectivity index (χ0v) is 13.8. The van der Waals surface area contributed by atoms with Crippen LogP contribution in [0.5, 0.6) is 0 Å². The predicted octanol–water partition coefficient (Wildman–Crippen LogP) is 4.88. The first-order valence-electron chi connectivity index (χ1n) is 7.47. The second-order valence-corrected chi connectivity index (χ2v) is 7.01. The van der Waals surface area contributed by atoms with Crippen LogP contribution in [0.1, 0.15) is 63.0 Å². The normalized spacial score (nSPS) is 12.6. The van der Waals surface area contributed by atoms with Gasteiger partial charge in [-0.05, 0) is 36.4 Å². The number of rotatable bonds is 3. The molecule has 110 valence electrons. The average molecular weight is 273 g/mol. The first kappa shape index (κ1) is 15.1. The van der Waals surface area contributed by atoms with Crippen LogP contribution in [0.3, 0.4) is 0 Å². The number of hydrogen-bond acceptors (Lipinski definition) is 2. The Morgan fingerprint density at radius 2 is 1.85 bits per heavy atom. The van der Waals surface area contributed by atoms with Crippen LogP contribution in [0.25, 0.3) is 11.0 Å². The molecule has 2 nitrogen and oxygen atoms in total. The molecule has 20 heavy (non-hydrogen) atoms. The third kappa shape index (κ3) is 2.49. The summed E-state index contributed by atoms with van der Waals surface area (Å²) >= 11 is 0. The maximum Gasteiger partial charge on any atom is 0.138 e. The lowest BCUT2D eigenvalue weighted by molar-refractivity contribution is 0.492. The number of aryl methyl sites for hydroxylation is 1. The van der Waals surface area contributed by atoms with Crippen molar-refractivity contribution >= 4 is 11.0 Å². The van der Waals surface area contributed by atoms with E-state index in [0.29, 0.717) is 5.92 Å². The molecule has 0 aliphatic heterocycles. The summed E-state index contributed by atoms with van der Waals surface area (Å²) in [7, 11) is 1.97. The number of hydrogen-bond donors (Lipinski definition) is 1. The molecule has 0 bridgehead atoms. The Bertz CT molecular complexity index is 614. The highest BCUT2D eigenvalue weighted by Crippen LogP contribution is 2.40. The van der Waals surface area contributed by atoms with E-state index in [4.69, 9.17) is 4.42 Å². The van der Waals surface area contributed by atoms with Crippen molar-refractivity contribution < 1.29 is 4.42 Å². The molecule has 0 saturated carbocycles. The minimum absolute atomic E-state index is 0.0811. The molecule has 1 aromatic carbocycles. The molecule has 2 heteroatoms. The van der Waals surface area contributed by atoms with E-state index < -0.39 is 0 Å². The molecule has 0 aliphatic rings. The smallest absolute Gasteiger partial charge is 0.138 e. The van der Waals surface area contributed by atoms with Crippen LogP contribution in [0.15, 0.2) is 16.5 Å². The maximum atomic E-state index is 6.28. The Hall–Kier alpha value is -1.28. The average Bonchev–Trinajstić information content (AvgIpc) is 2.69. The van der Waals surface area contributed by atoms with Gasteiger partial charge < -0.3 is 9.73 Å². The summed E-state index contributed by atoms with van der Waals surface area (Å²) < 4.78 is 6.28. The molecule has 2 rings (SSSR count). The molecule has 0 saturated heterocycles. The van der Waals surface area contributed by atoms with Gasteiger partial charge >= 0.3 is 0 Å². The first-order valence-corrected chi connectivity index (χ1v) is 7.47. The van der Waals surface area contributed by atoms with Gasteiger partial charge in [-0.1, -0.05) is 46.8 Å². The molecule has 0 aliphatic carbocycles. The predicted molar refractivity (Wildman–Crippen MR) is 86.5 cm³/mol. The largest absolute Gasteiger partial charge is 0.459 e. The lowest BCUT2D eigenvalue weighted by Crippen LogP contribution is -2.16. The van der Waals surface area contributed by atoms with Crippen molar-refractivity contribution in [1.82, 2.24) is 5.32 Å². The quantitative estimate of drug-likeness (QED) is 0.862. The van der Waals surface area contributed by atoms with Gasteiger partial charge in [0.2, 0.25) is 0 Å². The molecule has 0 fully saturated rings. The maximum absolute atomic E-state index is 6.28. The third-order valence-corrected chi connectivity index (χ3v) is 3.86. The second kappa shape index (κ2) is 5.25. The van der Waals surface area contributed by atoms with Gasteiger partial charge in [0.25, 0.3) is 0 Å². The molecule has 0 atom stereocenters. The summed E-state index contributed by atoms with van der Waals surface area (Å²) in [5, 5.41) is 4.55. The number of benzene rings is 1. The van der Waals surface area contributed by atoms with Crippen molar-refractivity contribution in [3.8, 4) is 0 Å². The van der Waals surface area contributed by atoms with Crippen molar-refractivity contribution in [2.45, 2.75) is 59.4 Å². The van der Waals surface area contributed by atoms with Crippen LogP contribution in [-0.2, 0) is 12.0 Å². The standard InChI is InChI=1S/C18H27NO/c1-11(2)13-9-8-12(3)15-16(18(4,5)6)14(10-19-7)20-17(13)15/h8-9,11,19H,10H2,1-7H3. The minimum atomic E-state index is 0.0811. The zero-order chi connectivity index (χ0) is 15.1. The van der Waals surface area contributed by atoms with E-state index >= 15 is 0 Å². The van der Waals surface area contributed by atoms with E-state index in [2.05, 4.69) is 59.0 Å². The van der Waals surface area contributed by atoms with Gasteiger partial charge in [0, 0.05) is 10.9 Å². The third-order valence-electron chi connectivity index (χ3n) is 3.86. The van der Waals surface area contributed by atoms with Crippen LogP contribution in [-0.4, -0.2) is 7.05 Å². The van der Waals surface area contributed by atoms with Gasteiger partial charge in [-0.2, -0.15) is 0 Å². The van der Waals surface area contributed by atoms with Crippen LogP contribution < -0.4 is 5.32 Å². The number of fused-ring (bicyclic) bond motifs is 1. The molecule has 1 heterocycles. The second-order valence-electron chi connectivity index (χ2n) is 7.01. The first-order chi connectivity index (χ1) is 9.27. The Kier molecular flexibility index (Phi) is 3.97. The Balaban J connectivity index is 2.87. The van der Waals surface area contributed by atoms with Crippen LogP contribution in [0.4, 0.5) is 0 Å². The van der Waals surface area contributed by atoms with Gasteiger partial charge in [0.05, 0.1) is 6.54 Å². The van der Waals surface area contributed by atoms with Crippen molar-refractivity contribution in [3.63, 3.8) is 0 Å². The van der Waals surface area contributed by atoms with E-state index in [1.807, 2.05) is 7.05 Å². The topological polar surface area (TPSA) is 25.2 Å². The summed E-state index contributed by atoms with van der Waals surface area (Å²) in [6, 6.07) is 4.44. The monoisotopic (exact) mass is 273 g/mol. The summed E-state index contributed by atoms with van der Waals surface area (Å²) in [6.45, 7) is 14.2. The van der Waals surface area contributed by atoms with Gasteiger partial charge in [-0.25, -0.2) is 0 Å². The van der Waals surface area contributed by atoms with Crippen LogP contribution in [0, 0.1) is 6.92 Å². The fraction of sp³-hybridized carbons (Fsp3) is 0.556. The number of nitrogens with one attached hydrogen (secondary N) is 1. The van der Waals surface area contributed by atoms with Crippen molar-refractivity contribution in [2.24, 2.45) is 0 Å². The molecule has 0 radical (unpaired) electrons. The van der Waals surface area contributed by atoms with Gasteiger partial charge in [0.15, 0.2) is 0 Å². The van der Waals surface area contributed by atoms with Crippen molar-refractivity contribution in [2.75, 3.05) is 7.05 Å². The summed E-state index contributed by atoms with van der Waals surface area (Å²) in [6.07, 6.45) is 0. The molecule has 1 N–H and O–H groups in total. The number of furan rings is 1. The molecular formula is C18H27NO. The van der Waals surface area contributed by atoms with Crippen molar-refractivity contribution in [1.29, 1.82) is 0 Å². The minimum Gasteiger partial charge on any atom is -0.459 e. The van der Waals surface area contributed by atoms with E-state index in [1.54, 1.807) is 0 Å². The molecule has 0 amide bonds. The fourth-order valence-electron chi connectivity index (χ4n) is 2.96. The van der Waals surface area contributed by atoms with E-state index in [9.17, 15) is 0 Å². The Morgan fingerprint density at radius 3 is 2.35 bits per heavy atom. The molecule has 0 spiro atoms. The molecule has 1 aromatic heterocycles. The zero-order valence-electron chi connectivity index (χ0n) is 13.8. The van der Waals surface area contributed by atoms with Crippen LogP contribution in [0.2, 0.25) is 0 Å². The molecular weight excluding hydrogens is 246 g/mol. The van der Waals surface area contributed by atoms with E-state index in [-0.39, 0.29) is 5.41 Å². The summed E-state index contributed by atoms with van der Waals surface area (Å²) in [5.74, 6) is 1.55. The highest BCUT2D eigenvalue weighted by atomic mass is 16.3. The van der Waals surface area contributed by atoms with E-state index in [0.717, 1.165) is 17.9 Å². The highest BCUT2D eigenvalue weighted by Gasteiger charge is 2.27. The van der Waals surface area contributed by atoms with E-state index in [1.165, 1.54) is 22.1 Å². The molecule has 0 unspecified atom stereocenters. The van der Waals surface area contributed by atoms with Crippen LogP contribution >= 0.6 is 0 Å². The Labute approximate surface area is 122 Å². The van der Waals surface area contributed by atoms with Gasteiger partial charge in [-0.15, -0.1) is 0 Å². The van der Waals surface area contributed by atoms with Gasteiger partial charge in [-0.3, -0.25) is 0 Å². The van der Waals surface area contributed by atoms with Gasteiger partial charge in [0.1, 0.15) is 11.3 Å². The SMILES string of the molecule is CNCc1oc2c(C(C)C)ccc(C)c2c1C(C)(C)C. The Morgan fingerprint density at radius 1 is 1.20 bits per heavy atom. The summed E-state index contributed by atoms with van der Waals surface area (Å²) in [5.41, 5.74) is 5.12.